The molecule has 1 aromatic rings. The van der Waals surface area contributed by atoms with E-state index in [0.29, 0.717) is 18.4 Å². The molecule has 0 radical (unpaired) electrons. The molecular weight excluding hydrogens is 326 g/mol. The number of rotatable bonds is 3. The normalized spacial score (nSPS) is 24.3. The van der Waals surface area contributed by atoms with E-state index in [1.54, 1.807) is 12.1 Å². The number of carbonyl (C=O) groups excluding carboxylic acids is 2. The van der Waals surface area contributed by atoms with Gasteiger partial charge in [-0.3, -0.25) is 4.79 Å². The molecule has 1 aliphatic rings. The van der Waals surface area contributed by atoms with Crippen molar-refractivity contribution >= 4 is 23.8 Å². The molecule has 0 bridgehead atoms. The highest BCUT2D eigenvalue weighted by Gasteiger charge is 2.33. The van der Waals surface area contributed by atoms with Gasteiger partial charge < -0.3 is 15.2 Å². The van der Waals surface area contributed by atoms with E-state index in [-0.39, 0.29) is 17.1 Å². The van der Waals surface area contributed by atoms with E-state index < -0.39 is 17.8 Å². The number of hydrogen-bond donors (Lipinski definition) is 3. The molecule has 0 aliphatic heterocycles. The van der Waals surface area contributed by atoms with E-state index in [4.69, 9.17) is 4.74 Å². The van der Waals surface area contributed by atoms with Gasteiger partial charge in [-0.05, 0) is 45.6 Å². The van der Waals surface area contributed by atoms with Crippen molar-refractivity contribution in [3.8, 4) is 0 Å². The van der Waals surface area contributed by atoms with Crippen LogP contribution >= 0.6 is 12.6 Å². The molecule has 1 aromatic carbocycles. The number of carbonyl (C=O) groups is 2. The van der Waals surface area contributed by atoms with Gasteiger partial charge in [-0.2, -0.15) is 0 Å². The highest BCUT2D eigenvalue weighted by atomic mass is 32.1. The zero-order chi connectivity index (χ0) is 17.9. The molecular formula is C18H25NO4S. The number of ether oxygens (including phenoxy) is 1. The van der Waals surface area contributed by atoms with Crippen LogP contribution in [0.25, 0.3) is 0 Å². The summed E-state index contributed by atoms with van der Waals surface area (Å²) in [5.41, 5.74) is 0.801. The molecule has 6 heteroatoms. The van der Waals surface area contributed by atoms with Crippen LogP contribution in [-0.2, 0) is 4.74 Å². The summed E-state index contributed by atoms with van der Waals surface area (Å²) >= 11 is 3.91. The minimum Gasteiger partial charge on any atom is -0.444 e. The van der Waals surface area contributed by atoms with Crippen molar-refractivity contribution in [3.05, 3.63) is 35.4 Å². The van der Waals surface area contributed by atoms with Gasteiger partial charge in [-0.25, -0.2) is 4.79 Å². The predicted octanol–water partition coefficient (Wildman–Crippen LogP) is 3.28. The van der Waals surface area contributed by atoms with Crippen LogP contribution in [0.15, 0.2) is 24.3 Å². The maximum absolute atomic E-state index is 11.9. The highest BCUT2D eigenvalue weighted by molar-refractivity contribution is 7.97. The van der Waals surface area contributed by atoms with E-state index in [1.807, 2.05) is 32.9 Å². The number of thiol groups is 1. The summed E-state index contributed by atoms with van der Waals surface area (Å²) in [6.07, 6.45) is 0.728. The summed E-state index contributed by atoms with van der Waals surface area (Å²) in [5, 5.41) is 13.0. The van der Waals surface area contributed by atoms with Gasteiger partial charge in [0.25, 0.3) is 0 Å². The molecule has 5 nitrogen and oxygen atoms in total. The van der Waals surface area contributed by atoms with Crippen LogP contribution in [0.1, 0.15) is 61.9 Å². The summed E-state index contributed by atoms with van der Waals surface area (Å²) in [6.45, 7) is 5.43. The minimum absolute atomic E-state index is 0.131. The maximum atomic E-state index is 11.9. The lowest BCUT2D eigenvalue weighted by Crippen LogP contribution is -2.44. The predicted molar refractivity (Wildman–Crippen MR) is 95.5 cm³/mol. The molecule has 24 heavy (non-hydrogen) atoms. The molecule has 2 rings (SSSR count). The fraction of sp³-hybridized carbons (Fsp3) is 0.556. The average molecular weight is 351 g/mol. The van der Waals surface area contributed by atoms with Crippen molar-refractivity contribution in [2.45, 2.75) is 63.7 Å². The second-order valence-corrected chi connectivity index (χ2v) is 7.63. The fourth-order valence-corrected chi connectivity index (χ4v) is 3.33. The van der Waals surface area contributed by atoms with E-state index in [0.717, 1.165) is 12.0 Å². The number of alkyl carbamates (subject to hydrolysis) is 1. The average Bonchev–Trinajstić information content (AvgIpc) is 2.45. The Morgan fingerprint density at radius 3 is 2.50 bits per heavy atom. The third kappa shape index (κ3) is 4.98. The number of amides is 1. The van der Waals surface area contributed by atoms with E-state index >= 15 is 0 Å². The third-order valence-electron chi connectivity index (χ3n) is 4.13. The van der Waals surface area contributed by atoms with Crippen molar-refractivity contribution in [2.24, 2.45) is 0 Å². The molecule has 0 aromatic heterocycles. The lowest BCUT2D eigenvalue weighted by atomic mass is 9.78. The molecule has 1 saturated carbocycles. The van der Waals surface area contributed by atoms with Gasteiger partial charge in [0, 0.05) is 17.5 Å². The number of nitrogens with one attached hydrogen (secondary N) is 1. The SMILES string of the molecule is CC(C)(C)OC(=O)N[C@@H]1CC[C@H](c2ccccc2C(=O)S)[C@H](O)C1. The quantitative estimate of drug-likeness (QED) is 0.731. The van der Waals surface area contributed by atoms with Crippen molar-refractivity contribution in [3.63, 3.8) is 0 Å². The Morgan fingerprint density at radius 2 is 1.92 bits per heavy atom. The van der Waals surface area contributed by atoms with Crippen LogP contribution in [0.5, 0.6) is 0 Å². The minimum atomic E-state index is -0.632. The first kappa shape index (κ1) is 18.8. The second-order valence-electron chi connectivity index (χ2n) is 7.22. The van der Waals surface area contributed by atoms with E-state index in [2.05, 4.69) is 17.9 Å². The van der Waals surface area contributed by atoms with Crippen molar-refractivity contribution in [2.75, 3.05) is 0 Å². The third-order valence-corrected chi connectivity index (χ3v) is 4.37. The van der Waals surface area contributed by atoms with Gasteiger partial charge in [0.2, 0.25) is 5.12 Å². The van der Waals surface area contributed by atoms with Crippen molar-refractivity contribution in [1.29, 1.82) is 0 Å². The van der Waals surface area contributed by atoms with Gasteiger partial charge in [0.1, 0.15) is 5.60 Å². The molecule has 1 amide bonds. The molecule has 1 aliphatic carbocycles. The molecule has 0 heterocycles. The molecule has 3 atom stereocenters. The molecule has 2 N–H and O–H groups in total. The second kappa shape index (κ2) is 7.57. The van der Waals surface area contributed by atoms with Gasteiger partial charge in [0.05, 0.1) is 6.10 Å². The Labute approximate surface area is 148 Å². The zero-order valence-corrected chi connectivity index (χ0v) is 15.2. The largest absolute Gasteiger partial charge is 0.444 e. The Kier molecular flexibility index (Phi) is 5.93. The molecule has 0 saturated heterocycles. The summed E-state index contributed by atoms with van der Waals surface area (Å²) in [5.74, 6) is -0.131. The Morgan fingerprint density at radius 1 is 1.25 bits per heavy atom. The monoisotopic (exact) mass is 351 g/mol. The van der Waals surface area contributed by atoms with Gasteiger partial charge in [-0.1, -0.05) is 24.3 Å². The van der Waals surface area contributed by atoms with Gasteiger partial charge in [0.15, 0.2) is 0 Å². The summed E-state index contributed by atoms with van der Waals surface area (Å²) in [4.78, 5) is 23.5. The Hall–Kier alpha value is -1.53. The van der Waals surface area contributed by atoms with E-state index in [9.17, 15) is 14.7 Å². The maximum Gasteiger partial charge on any atom is 0.407 e. The fourth-order valence-electron chi connectivity index (χ4n) is 3.13. The first-order valence-corrected chi connectivity index (χ1v) is 8.62. The molecule has 1 fully saturated rings. The summed E-state index contributed by atoms with van der Waals surface area (Å²) in [6, 6.07) is 7.09. The van der Waals surface area contributed by atoms with Gasteiger partial charge >= 0.3 is 6.09 Å². The number of hydrogen-bond acceptors (Lipinski definition) is 4. The van der Waals surface area contributed by atoms with Crippen LogP contribution in [0.3, 0.4) is 0 Å². The van der Waals surface area contributed by atoms with E-state index in [1.165, 1.54) is 0 Å². The van der Waals surface area contributed by atoms with Crippen molar-refractivity contribution in [1.82, 2.24) is 5.32 Å². The first-order valence-electron chi connectivity index (χ1n) is 8.17. The van der Waals surface area contributed by atoms with Gasteiger partial charge in [-0.15, -0.1) is 12.6 Å². The van der Waals surface area contributed by atoms with Crippen molar-refractivity contribution < 1.29 is 19.4 Å². The zero-order valence-electron chi connectivity index (χ0n) is 14.3. The highest BCUT2D eigenvalue weighted by Crippen LogP contribution is 2.35. The lowest BCUT2D eigenvalue weighted by molar-refractivity contribution is 0.0426. The number of aliphatic hydroxyl groups is 1. The van der Waals surface area contributed by atoms with Crippen LogP contribution in [0.4, 0.5) is 4.79 Å². The number of aliphatic hydroxyl groups excluding tert-OH is 1. The Bertz CT molecular complexity index is 611. The number of benzene rings is 1. The molecule has 0 unspecified atom stereocenters. The van der Waals surface area contributed by atoms with Crippen LogP contribution in [-0.4, -0.2) is 34.1 Å². The molecule has 0 spiro atoms. The standard InChI is InChI=1S/C18H25NO4S/c1-18(2,3)23-17(22)19-11-8-9-13(15(20)10-11)12-6-4-5-7-14(12)16(21)24/h4-7,11,13,15,20H,8-10H2,1-3H3,(H,19,22)(H,21,24)/t11-,13-,15-/m1/s1. The Balaban J connectivity index is 2.01. The lowest BCUT2D eigenvalue weighted by Gasteiger charge is -2.34. The van der Waals surface area contributed by atoms with Crippen LogP contribution in [0, 0.1) is 0 Å². The molecule has 132 valence electrons. The first-order chi connectivity index (χ1) is 11.2. The topological polar surface area (TPSA) is 75.6 Å². The van der Waals surface area contributed by atoms with Crippen LogP contribution in [0.2, 0.25) is 0 Å². The van der Waals surface area contributed by atoms with Crippen LogP contribution < -0.4 is 5.32 Å². The summed E-state index contributed by atoms with van der Waals surface area (Å²) in [7, 11) is 0. The summed E-state index contributed by atoms with van der Waals surface area (Å²) < 4.78 is 5.25. The smallest absolute Gasteiger partial charge is 0.407 e.